The van der Waals surface area contributed by atoms with E-state index in [4.69, 9.17) is 21.1 Å². The predicted molar refractivity (Wildman–Crippen MR) is 99.6 cm³/mol. The van der Waals surface area contributed by atoms with Crippen LogP contribution < -0.4 is 15.2 Å². The van der Waals surface area contributed by atoms with Crippen molar-refractivity contribution >= 4 is 17.8 Å². The Morgan fingerprint density at radius 1 is 1.19 bits per heavy atom. The summed E-state index contributed by atoms with van der Waals surface area (Å²) in [6.07, 6.45) is 1.98. The van der Waals surface area contributed by atoms with E-state index < -0.39 is 5.69 Å². The Balaban J connectivity index is 1.87. The van der Waals surface area contributed by atoms with Crippen molar-refractivity contribution in [3.8, 4) is 11.5 Å². The van der Waals surface area contributed by atoms with Crippen molar-refractivity contribution in [2.45, 2.75) is 6.42 Å². The molecule has 8 heteroatoms. The molecule has 0 fully saturated rings. The van der Waals surface area contributed by atoms with Crippen LogP contribution in [0.1, 0.15) is 17.0 Å². The second-order valence-electron chi connectivity index (χ2n) is 5.42. The number of hydrogen-bond donors (Lipinski definition) is 1. The van der Waals surface area contributed by atoms with E-state index in [1.54, 1.807) is 38.6 Å². The molecule has 0 aliphatic heterocycles. The minimum atomic E-state index is -0.418. The summed E-state index contributed by atoms with van der Waals surface area (Å²) in [5, 5.41) is 11.3. The average Bonchev–Trinajstić information content (AvgIpc) is 2.99. The molecule has 0 spiro atoms. The molecular weight excluding hydrogens is 356 g/mol. The Kier molecular flexibility index (Phi) is 5.38. The van der Waals surface area contributed by atoms with Crippen molar-refractivity contribution < 1.29 is 9.47 Å². The largest absolute Gasteiger partial charge is 0.493 e. The topological polar surface area (TPSA) is 81.5 Å². The SMILES string of the molecule is COc1ccc(/C=N/n2c(Cc3cccc(Cl)c3)n[nH]c2=O)cc1OC. The maximum Gasteiger partial charge on any atom is 0.364 e. The van der Waals surface area contributed by atoms with Crippen LogP contribution in [0, 0.1) is 0 Å². The van der Waals surface area contributed by atoms with Gasteiger partial charge in [-0.15, -0.1) is 0 Å². The maximum atomic E-state index is 12.0. The van der Waals surface area contributed by atoms with Crippen LogP contribution in [0.25, 0.3) is 0 Å². The number of H-pyrrole nitrogens is 1. The number of nitrogens with one attached hydrogen (secondary N) is 1. The average molecular weight is 373 g/mol. The van der Waals surface area contributed by atoms with E-state index in [1.807, 2.05) is 24.3 Å². The van der Waals surface area contributed by atoms with Crippen LogP contribution in [0.3, 0.4) is 0 Å². The molecule has 0 aliphatic carbocycles. The van der Waals surface area contributed by atoms with Gasteiger partial charge in [-0.2, -0.15) is 14.9 Å². The van der Waals surface area contributed by atoms with Crippen LogP contribution in [-0.2, 0) is 6.42 Å². The molecule has 1 heterocycles. The van der Waals surface area contributed by atoms with E-state index in [0.29, 0.717) is 28.8 Å². The van der Waals surface area contributed by atoms with Gasteiger partial charge in [0.15, 0.2) is 17.3 Å². The Labute approximate surface area is 154 Å². The lowest BCUT2D eigenvalue weighted by molar-refractivity contribution is 0.355. The summed E-state index contributed by atoms with van der Waals surface area (Å²) in [5.41, 5.74) is 1.27. The number of benzene rings is 2. The van der Waals surface area contributed by atoms with Gasteiger partial charge < -0.3 is 9.47 Å². The fraction of sp³-hybridized carbons (Fsp3) is 0.167. The van der Waals surface area contributed by atoms with E-state index in [0.717, 1.165) is 11.1 Å². The van der Waals surface area contributed by atoms with E-state index in [1.165, 1.54) is 4.68 Å². The molecule has 1 aromatic heterocycles. The molecule has 26 heavy (non-hydrogen) atoms. The Morgan fingerprint density at radius 3 is 2.73 bits per heavy atom. The lowest BCUT2D eigenvalue weighted by Gasteiger charge is -2.07. The summed E-state index contributed by atoms with van der Waals surface area (Å²) < 4.78 is 11.7. The molecule has 1 N–H and O–H groups in total. The van der Waals surface area contributed by atoms with Crippen molar-refractivity contribution in [2.24, 2.45) is 5.10 Å². The maximum absolute atomic E-state index is 12.0. The highest BCUT2D eigenvalue weighted by molar-refractivity contribution is 6.30. The molecule has 0 aliphatic rings. The first-order valence-electron chi connectivity index (χ1n) is 7.78. The summed E-state index contributed by atoms with van der Waals surface area (Å²) in [6.45, 7) is 0. The Morgan fingerprint density at radius 2 is 2.00 bits per heavy atom. The van der Waals surface area contributed by atoms with Crippen LogP contribution >= 0.6 is 11.6 Å². The van der Waals surface area contributed by atoms with Gasteiger partial charge >= 0.3 is 5.69 Å². The first-order chi connectivity index (χ1) is 12.6. The van der Waals surface area contributed by atoms with E-state index >= 15 is 0 Å². The van der Waals surface area contributed by atoms with Gasteiger partial charge in [0.2, 0.25) is 0 Å². The Hall–Kier alpha value is -3.06. The van der Waals surface area contributed by atoms with Crippen molar-refractivity contribution in [3.05, 3.63) is 74.9 Å². The van der Waals surface area contributed by atoms with Crippen LogP contribution in [-0.4, -0.2) is 35.3 Å². The smallest absolute Gasteiger partial charge is 0.364 e. The first-order valence-corrected chi connectivity index (χ1v) is 8.15. The van der Waals surface area contributed by atoms with E-state index in [-0.39, 0.29) is 0 Å². The van der Waals surface area contributed by atoms with Gasteiger partial charge in [-0.1, -0.05) is 23.7 Å². The fourth-order valence-electron chi connectivity index (χ4n) is 2.44. The van der Waals surface area contributed by atoms with Crippen LogP contribution in [0.15, 0.2) is 52.4 Å². The van der Waals surface area contributed by atoms with Gasteiger partial charge in [0, 0.05) is 11.4 Å². The molecule has 0 radical (unpaired) electrons. The lowest BCUT2D eigenvalue weighted by Crippen LogP contribution is -2.15. The van der Waals surface area contributed by atoms with E-state index in [2.05, 4.69) is 15.3 Å². The molecule has 0 atom stereocenters. The second-order valence-corrected chi connectivity index (χ2v) is 5.86. The molecule has 2 aromatic carbocycles. The van der Waals surface area contributed by atoms with Crippen LogP contribution in [0.2, 0.25) is 5.02 Å². The third-order valence-electron chi connectivity index (χ3n) is 3.70. The van der Waals surface area contributed by atoms with Crippen LogP contribution in [0.4, 0.5) is 0 Å². The van der Waals surface area contributed by atoms with Crippen LogP contribution in [0.5, 0.6) is 11.5 Å². The number of aromatic amines is 1. The van der Waals surface area contributed by atoms with Gasteiger partial charge in [-0.3, -0.25) is 0 Å². The van der Waals surface area contributed by atoms with Crippen molar-refractivity contribution in [3.63, 3.8) is 0 Å². The lowest BCUT2D eigenvalue weighted by atomic mass is 10.1. The van der Waals surface area contributed by atoms with Gasteiger partial charge in [0.25, 0.3) is 0 Å². The molecule has 7 nitrogen and oxygen atoms in total. The third kappa shape index (κ3) is 3.94. The number of rotatable bonds is 6. The number of nitrogens with zero attached hydrogens (tertiary/aromatic N) is 3. The molecule has 0 bridgehead atoms. The zero-order chi connectivity index (χ0) is 18.5. The molecule has 0 unspecified atom stereocenters. The third-order valence-corrected chi connectivity index (χ3v) is 3.93. The van der Waals surface area contributed by atoms with Gasteiger partial charge in [0.05, 0.1) is 20.4 Å². The Bertz CT molecular complexity index is 994. The molecule has 0 amide bonds. The second kappa shape index (κ2) is 7.88. The van der Waals surface area contributed by atoms with E-state index in [9.17, 15) is 4.79 Å². The quantitative estimate of drug-likeness (QED) is 0.674. The standard InChI is InChI=1S/C18H17ClN4O3/c1-25-15-7-6-13(9-16(15)26-2)11-20-23-17(21-22-18(23)24)10-12-4-3-5-14(19)8-12/h3-9,11H,10H2,1-2H3,(H,22,24)/b20-11+. The number of halogens is 1. The predicted octanol–water partition coefficient (Wildman–Crippen LogP) is 2.72. The fourth-order valence-corrected chi connectivity index (χ4v) is 2.66. The van der Waals surface area contributed by atoms with Gasteiger partial charge in [-0.05, 0) is 41.5 Å². The molecular formula is C18H17ClN4O3. The van der Waals surface area contributed by atoms with Crippen molar-refractivity contribution in [1.82, 2.24) is 14.9 Å². The highest BCUT2D eigenvalue weighted by atomic mass is 35.5. The summed E-state index contributed by atoms with van der Waals surface area (Å²) >= 11 is 6.00. The monoisotopic (exact) mass is 372 g/mol. The number of aromatic nitrogens is 3. The van der Waals surface area contributed by atoms with Crippen molar-refractivity contribution in [1.29, 1.82) is 0 Å². The first kappa shape index (κ1) is 17.8. The molecule has 0 saturated heterocycles. The van der Waals surface area contributed by atoms with Crippen molar-refractivity contribution in [2.75, 3.05) is 14.2 Å². The van der Waals surface area contributed by atoms with Gasteiger partial charge in [-0.25, -0.2) is 9.89 Å². The van der Waals surface area contributed by atoms with Gasteiger partial charge in [0.1, 0.15) is 0 Å². The minimum absolute atomic E-state index is 0.418. The summed E-state index contributed by atoms with van der Waals surface area (Å²) in [7, 11) is 3.13. The molecule has 3 rings (SSSR count). The molecule has 134 valence electrons. The zero-order valence-corrected chi connectivity index (χ0v) is 15.0. The number of ether oxygens (including phenoxy) is 2. The number of hydrogen-bond acceptors (Lipinski definition) is 5. The summed E-state index contributed by atoms with van der Waals surface area (Å²) in [4.78, 5) is 12.0. The normalized spacial score (nSPS) is 11.0. The zero-order valence-electron chi connectivity index (χ0n) is 14.3. The molecule has 3 aromatic rings. The summed E-state index contributed by atoms with van der Waals surface area (Å²) in [6, 6.07) is 12.7. The molecule has 0 saturated carbocycles. The highest BCUT2D eigenvalue weighted by Gasteiger charge is 2.09. The number of methoxy groups -OCH3 is 2. The summed E-state index contributed by atoms with van der Waals surface area (Å²) in [5.74, 6) is 1.68. The minimum Gasteiger partial charge on any atom is -0.493 e. The highest BCUT2D eigenvalue weighted by Crippen LogP contribution is 2.26.